The zero-order valence-corrected chi connectivity index (χ0v) is 11.3. The van der Waals surface area contributed by atoms with Crippen molar-refractivity contribution in [3.63, 3.8) is 0 Å². The molecule has 3 rings (SSSR count). The van der Waals surface area contributed by atoms with Crippen molar-refractivity contribution in [1.82, 2.24) is 15.5 Å². The number of aromatic amines is 1. The Morgan fingerprint density at radius 2 is 2.38 bits per heavy atom. The van der Waals surface area contributed by atoms with Gasteiger partial charge in [0, 0.05) is 5.92 Å². The van der Waals surface area contributed by atoms with Crippen LogP contribution >= 0.6 is 0 Å². The molecule has 1 fully saturated rings. The molecular weight excluding hydrogens is 276 g/mol. The number of nitrogens with one attached hydrogen (secondary N) is 2. The van der Waals surface area contributed by atoms with Gasteiger partial charge < -0.3 is 9.73 Å². The van der Waals surface area contributed by atoms with Gasteiger partial charge in [-0.25, -0.2) is 0 Å². The molecule has 8 nitrogen and oxygen atoms in total. The maximum Gasteiger partial charge on any atom is 0.319 e. The zero-order chi connectivity index (χ0) is 15.0. The fraction of sp³-hybridized carbons (Fsp3) is 0.385. The lowest BCUT2D eigenvalue weighted by atomic mass is 10.3. The molecule has 2 atom stereocenters. The van der Waals surface area contributed by atoms with Gasteiger partial charge in [0.15, 0.2) is 0 Å². The summed E-state index contributed by atoms with van der Waals surface area (Å²) in [5.74, 6) is 2.09. The van der Waals surface area contributed by atoms with Gasteiger partial charge in [0.2, 0.25) is 5.69 Å². The van der Waals surface area contributed by atoms with Gasteiger partial charge in [-0.3, -0.25) is 20.0 Å². The number of nitrogens with zero attached hydrogens (tertiary/aromatic N) is 2. The number of aromatic nitrogens is 2. The van der Waals surface area contributed by atoms with E-state index >= 15 is 0 Å². The van der Waals surface area contributed by atoms with E-state index in [2.05, 4.69) is 22.4 Å². The summed E-state index contributed by atoms with van der Waals surface area (Å²) in [6, 6.07) is 3.72. The summed E-state index contributed by atoms with van der Waals surface area (Å²) < 4.78 is 5.65. The Kier molecular flexibility index (Phi) is 3.20. The summed E-state index contributed by atoms with van der Waals surface area (Å²) in [6.07, 6.45) is 2.13. The van der Waals surface area contributed by atoms with Crippen molar-refractivity contribution in [2.45, 2.75) is 25.8 Å². The molecule has 0 aliphatic heterocycles. The van der Waals surface area contributed by atoms with Gasteiger partial charge in [0.1, 0.15) is 17.7 Å². The van der Waals surface area contributed by atoms with E-state index in [1.165, 1.54) is 0 Å². The van der Waals surface area contributed by atoms with Crippen molar-refractivity contribution < 1.29 is 14.1 Å². The number of H-pyrrole nitrogens is 1. The Hall–Kier alpha value is -2.64. The van der Waals surface area contributed by atoms with E-state index in [0.717, 1.165) is 18.4 Å². The molecule has 1 amide bonds. The molecule has 2 aromatic rings. The highest BCUT2D eigenvalue weighted by Gasteiger charge is 2.36. The molecule has 2 heterocycles. The maximum absolute atomic E-state index is 11.9. The molecule has 0 radical (unpaired) electrons. The van der Waals surface area contributed by atoms with Crippen molar-refractivity contribution >= 4 is 11.6 Å². The Balaban J connectivity index is 1.62. The average molecular weight is 290 g/mol. The second-order valence-electron chi connectivity index (χ2n) is 5.19. The van der Waals surface area contributed by atoms with Crippen LogP contribution < -0.4 is 5.32 Å². The van der Waals surface area contributed by atoms with Gasteiger partial charge in [-0.15, -0.1) is 0 Å². The molecule has 21 heavy (non-hydrogen) atoms. The van der Waals surface area contributed by atoms with Gasteiger partial charge >= 0.3 is 5.69 Å². The second kappa shape index (κ2) is 5.04. The van der Waals surface area contributed by atoms with Crippen LogP contribution in [0.25, 0.3) is 0 Å². The SMILES string of the molecule is C[C@H]1C[C@H]1c1ccc(CNC(=O)c2[nH]ncc2[N+](=O)[O-])o1. The molecule has 0 unspecified atom stereocenters. The van der Waals surface area contributed by atoms with Crippen LogP contribution in [0.1, 0.15) is 41.3 Å². The molecule has 110 valence electrons. The highest BCUT2D eigenvalue weighted by molar-refractivity contribution is 5.95. The summed E-state index contributed by atoms with van der Waals surface area (Å²) in [5.41, 5.74) is -0.512. The second-order valence-corrected chi connectivity index (χ2v) is 5.19. The highest BCUT2D eigenvalue weighted by Crippen LogP contribution is 2.47. The third-order valence-electron chi connectivity index (χ3n) is 3.62. The quantitative estimate of drug-likeness (QED) is 0.645. The van der Waals surface area contributed by atoms with Gasteiger partial charge in [-0.05, 0) is 24.5 Å². The molecule has 1 saturated carbocycles. The number of rotatable bonds is 5. The van der Waals surface area contributed by atoms with E-state index in [9.17, 15) is 14.9 Å². The molecule has 2 N–H and O–H groups in total. The summed E-state index contributed by atoms with van der Waals surface area (Å²) in [5, 5.41) is 19.1. The number of amides is 1. The van der Waals surface area contributed by atoms with Crippen molar-refractivity contribution in [2.75, 3.05) is 0 Å². The average Bonchev–Trinajstić information content (AvgIpc) is 2.90. The Morgan fingerprint density at radius 1 is 1.62 bits per heavy atom. The van der Waals surface area contributed by atoms with E-state index in [1.807, 2.05) is 12.1 Å². The van der Waals surface area contributed by atoms with Gasteiger partial charge in [-0.2, -0.15) is 5.10 Å². The first-order valence-corrected chi connectivity index (χ1v) is 6.61. The lowest BCUT2D eigenvalue weighted by molar-refractivity contribution is -0.385. The molecule has 0 spiro atoms. The number of hydrogen-bond acceptors (Lipinski definition) is 5. The normalized spacial score (nSPS) is 20.2. The van der Waals surface area contributed by atoms with Crippen LogP contribution in [0.5, 0.6) is 0 Å². The predicted molar refractivity (Wildman–Crippen MR) is 71.6 cm³/mol. The number of hydrogen-bond donors (Lipinski definition) is 2. The van der Waals surface area contributed by atoms with E-state index in [4.69, 9.17) is 4.42 Å². The highest BCUT2D eigenvalue weighted by atomic mass is 16.6. The standard InChI is InChI=1S/C13H14N4O4/c1-7-4-9(7)11-3-2-8(21-11)5-14-13(18)12-10(17(19)20)6-15-16-12/h2-3,6-7,9H,4-5H2,1H3,(H,14,18)(H,15,16)/t7-,9+/m0/s1. The lowest BCUT2D eigenvalue weighted by Gasteiger charge is -2.01. The molecule has 1 aliphatic rings. The van der Waals surface area contributed by atoms with Crippen LogP contribution in [0, 0.1) is 16.0 Å². The molecule has 0 saturated heterocycles. The lowest BCUT2D eigenvalue weighted by Crippen LogP contribution is -2.23. The Morgan fingerprint density at radius 3 is 3.05 bits per heavy atom. The number of carbonyl (C=O) groups is 1. The maximum atomic E-state index is 11.9. The third-order valence-corrected chi connectivity index (χ3v) is 3.62. The summed E-state index contributed by atoms with van der Waals surface area (Å²) in [7, 11) is 0. The summed E-state index contributed by atoms with van der Waals surface area (Å²) in [6.45, 7) is 2.34. The van der Waals surface area contributed by atoms with Crippen molar-refractivity contribution in [3.8, 4) is 0 Å². The first-order valence-electron chi connectivity index (χ1n) is 6.61. The fourth-order valence-electron chi connectivity index (χ4n) is 2.25. The van der Waals surface area contributed by atoms with E-state index in [-0.39, 0.29) is 17.9 Å². The summed E-state index contributed by atoms with van der Waals surface area (Å²) in [4.78, 5) is 22.0. The fourth-order valence-corrected chi connectivity index (χ4v) is 2.25. The van der Waals surface area contributed by atoms with Gasteiger partial charge in [0.25, 0.3) is 5.91 Å². The van der Waals surface area contributed by atoms with E-state index in [1.54, 1.807) is 0 Å². The predicted octanol–water partition coefficient (Wildman–Crippen LogP) is 1.96. The van der Waals surface area contributed by atoms with Crippen LogP contribution in [0.3, 0.4) is 0 Å². The molecule has 0 aromatic carbocycles. The van der Waals surface area contributed by atoms with Crippen LogP contribution in [-0.4, -0.2) is 21.0 Å². The van der Waals surface area contributed by atoms with Crippen LogP contribution in [-0.2, 0) is 6.54 Å². The van der Waals surface area contributed by atoms with E-state index in [0.29, 0.717) is 17.6 Å². The number of furan rings is 1. The van der Waals surface area contributed by atoms with E-state index < -0.39 is 10.8 Å². The topological polar surface area (TPSA) is 114 Å². The van der Waals surface area contributed by atoms with Crippen LogP contribution in [0.15, 0.2) is 22.7 Å². The Labute approximate surface area is 119 Å². The minimum absolute atomic E-state index is 0.164. The third kappa shape index (κ3) is 2.64. The smallest absolute Gasteiger partial charge is 0.319 e. The van der Waals surface area contributed by atoms with Crippen LogP contribution in [0.4, 0.5) is 5.69 Å². The largest absolute Gasteiger partial charge is 0.464 e. The van der Waals surface area contributed by atoms with Crippen molar-refractivity contribution in [2.24, 2.45) is 5.92 Å². The number of nitro groups is 1. The van der Waals surface area contributed by atoms with Gasteiger partial charge in [0.05, 0.1) is 11.5 Å². The summed E-state index contributed by atoms with van der Waals surface area (Å²) >= 11 is 0. The van der Waals surface area contributed by atoms with Gasteiger partial charge in [-0.1, -0.05) is 6.92 Å². The first kappa shape index (κ1) is 13.3. The zero-order valence-electron chi connectivity index (χ0n) is 11.3. The Bertz CT molecular complexity index is 690. The molecule has 0 bridgehead atoms. The minimum atomic E-state index is -0.655. The van der Waals surface area contributed by atoms with Crippen molar-refractivity contribution in [1.29, 1.82) is 0 Å². The molecule has 2 aromatic heterocycles. The monoisotopic (exact) mass is 290 g/mol. The minimum Gasteiger partial charge on any atom is -0.464 e. The number of carbonyl (C=O) groups excluding carboxylic acids is 1. The first-order chi connectivity index (χ1) is 10.1. The van der Waals surface area contributed by atoms with Crippen molar-refractivity contribution in [3.05, 3.63) is 45.7 Å². The van der Waals surface area contributed by atoms with Crippen LogP contribution in [0.2, 0.25) is 0 Å². The molecule has 1 aliphatic carbocycles. The molecule has 8 heteroatoms. The molecular formula is C13H14N4O4.